The summed E-state index contributed by atoms with van der Waals surface area (Å²) in [5.74, 6) is -0.783. The van der Waals surface area contributed by atoms with E-state index in [1.54, 1.807) is 16.2 Å². The highest BCUT2D eigenvalue weighted by Crippen LogP contribution is 2.26. The molecule has 0 spiro atoms. The fourth-order valence-corrected chi connectivity index (χ4v) is 3.41. The molecule has 1 atom stereocenters. The fraction of sp³-hybridized carbons (Fsp3) is 0.389. The van der Waals surface area contributed by atoms with Crippen LogP contribution in [0.4, 0.5) is 5.69 Å². The monoisotopic (exact) mass is 344 g/mol. The first-order valence-electron chi connectivity index (χ1n) is 8.03. The summed E-state index contributed by atoms with van der Waals surface area (Å²) in [6.07, 6.45) is 1.07. The van der Waals surface area contributed by atoms with Crippen molar-refractivity contribution in [3.8, 4) is 0 Å². The second-order valence-electron chi connectivity index (χ2n) is 5.93. The van der Waals surface area contributed by atoms with E-state index in [2.05, 4.69) is 4.98 Å². The molecule has 1 aliphatic heterocycles. The van der Waals surface area contributed by atoms with Gasteiger partial charge in [0, 0.05) is 24.0 Å². The molecule has 1 aliphatic rings. The highest BCUT2D eigenvalue weighted by Gasteiger charge is 2.36. The molecule has 6 heteroatoms. The third-order valence-electron chi connectivity index (χ3n) is 4.07. The minimum absolute atomic E-state index is 0.0391. The van der Waals surface area contributed by atoms with Crippen molar-refractivity contribution in [2.75, 3.05) is 11.4 Å². The molecule has 2 aromatic rings. The number of ether oxygens (including phenoxy) is 1. The Labute approximate surface area is 145 Å². The lowest BCUT2D eigenvalue weighted by molar-refractivity contribution is -0.149. The van der Waals surface area contributed by atoms with Crippen molar-refractivity contribution >= 4 is 28.9 Å². The lowest BCUT2D eigenvalue weighted by atomic mass is 10.1. The molecule has 126 valence electrons. The van der Waals surface area contributed by atoms with E-state index < -0.39 is 5.92 Å². The van der Waals surface area contributed by atoms with Gasteiger partial charge in [0.25, 0.3) is 0 Å². The summed E-state index contributed by atoms with van der Waals surface area (Å²) in [7, 11) is 0. The van der Waals surface area contributed by atoms with Crippen LogP contribution in [-0.2, 0) is 27.4 Å². The number of carbonyl (C=O) groups is 2. The van der Waals surface area contributed by atoms with Crippen LogP contribution in [0, 0.1) is 12.8 Å². The standard InChI is InChI=1S/C18H20N2O3S/c1-3-16-19-14(11-24-16)10-23-18(22)13-8-17(21)20(9-13)15-6-4-12(2)5-7-15/h4-7,11,13H,3,8-10H2,1-2H3/t13-/m1/s1. The highest BCUT2D eigenvalue weighted by atomic mass is 32.1. The molecular formula is C18H20N2O3S. The van der Waals surface area contributed by atoms with Gasteiger partial charge in [0.15, 0.2) is 0 Å². The zero-order valence-corrected chi connectivity index (χ0v) is 14.6. The van der Waals surface area contributed by atoms with Gasteiger partial charge in [0.1, 0.15) is 6.61 Å². The van der Waals surface area contributed by atoms with Crippen LogP contribution < -0.4 is 4.90 Å². The number of aromatic nitrogens is 1. The van der Waals surface area contributed by atoms with Crippen molar-refractivity contribution in [2.24, 2.45) is 5.92 Å². The third-order valence-corrected chi connectivity index (χ3v) is 5.11. The number of esters is 1. The van der Waals surface area contributed by atoms with Crippen molar-refractivity contribution < 1.29 is 14.3 Å². The van der Waals surface area contributed by atoms with E-state index in [1.165, 1.54) is 0 Å². The van der Waals surface area contributed by atoms with Crippen molar-refractivity contribution in [3.63, 3.8) is 0 Å². The molecule has 1 aromatic heterocycles. The molecule has 24 heavy (non-hydrogen) atoms. The summed E-state index contributed by atoms with van der Waals surface area (Å²) in [6, 6.07) is 7.73. The van der Waals surface area contributed by atoms with Gasteiger partial charge in [0.05, 0.1) is 16.6 Å². The summed E-state index contributed by atoms with van der Waals surface area (Å²) < 4.78 is 5.35. The number of hydrogen-bond acceptors (Lipinski definition) is 5. The van der Waals surface area contributed by atoms with E-state index in [-0.39, 0.29) is 24.9 Å². The minimum atomic E-state index is -0.414. The second-order valence-corrected chi connectivity index (χ2v) is 6.88. The molecule has 3 rings (SSSR count). The van der Waals surface area contributed by atoms with E-state index >= 15 is 0 Å². The molecule has 2 heterocycles. The van der Waals surface area contributed by atoms with Gasteiger partial charge in [-0.1, -0.05) is 24.6 Å². The maximum absolute atomic E-state index is 12.2. The van der Waals surface area contributed by atoms with E-state index in [4.69, 9.17) is 4.74 Å². The number of benzene rings is 1. The summed E-state index contributed by atoms with van der Waals surface area (Å²) in [6.45, 7) is 4.58. The Morgan fingerprint density at radius 2 is 2.12 bits per heavy atom. The molecule has 1 saturated heterocycles. The lowest BCUT2D eigenvalue weighted by Crippen LogP contribution is -2.26. The van der Waals surface area contributed by atoms with Crippen molar-refractivity contribution in [1.29, 1.82) is 0 Å². The van der Waals surface area contributed by atoms with Crippen LogP contribution in [0.2, 0.25) is 0 Å². The molecule has 5 nitrogen and oxygen atoms in total. The van der Waals surface area contributed by atoms with Gasteiger partial charge >= 0.3 is 5.97 Å². The summed E-state index contributed by atoms with van der Waals surface area (Å²) in [5.41, 5.74) is 2.73. The lowest BCUT2D eigenvalue weighted by Gasteiger charge is -2.16. The van der Waals surface area contributed by atoms with Gasteiger partial charge in [-0.25, -0.2) is 4.98 Å². The van der Waals surface area contributed by atoms with Gasteiger partial charge in [-0.05, 0) is 25.5 Å². The maximum atomic E-state index is 12.2. The number of thiazole rings is 1. The number of aryl methyl sites for hydroxylation is 2. The average Bonchev–Trinajstić information content (AvgIpc) is 3.20. The van der Waals surface area contributed by atoms with Gasteiger partial charge in [-0.3, -0.25) is 9.59 Å². The van der Waals surface area contributed by atoms with Crippen LogP contribution in [0.5, 0.6) is 0 Å². The number of amides is 1. The Kier molecular flexibility index (Phi) is 4.94. The molecule has 1 amide bonds. The van der Waals surface area contributed by atoms with Crippen LogP contribution >= 0.6 is 11.3 Å². The Hall–Kier alpha value is -2.21. The van der Waals surface area contributed by atoms with E-state index in [0.717, 1.165) is 28.4 Å². The molecule has 0 radical (unpaired) electrons. The van der Waals surface area contributed by atoms with E-state index in [1.807, 2.05) is 43.5 Å². The number of rotatable bonds is 5. The minimum Gasteiger partial charge on any atom is -0.459 e. The predicted octanol–water partition coefficient (Wildman–Crippen LogP) is 3.11. The van der Waals surface area contributed by atoms with Gasteiger partial charge < -0.3 is 9.64 Å². The van der Waals surface area contributed by atoms with Crippen LogP contribution in [-0.4, -0.2) is 23.4 Å². The predicted molar refractivity (Wildman–Crippen MR) is 92.9 cm³/mol. The molecule has 0 bridgehead atoms. The number of carbonyl (C=O) groups excluding carboxylic acids is 2. The van der Waals surface area contributed by atoms with Gasteiger partial charge in [0.2, 0.25) is 5.91 Å². The van der Waals surface area contributed by atoms with Crippen molar-refractivity contribution in [1.82, 2.24) is 4.98 Å². The molecule has 1 fully saturated rings. The summed E-state index contributed by atoms with van der Waals surface area (Å²) in [4.78, 5) is 30.5. The number of anilines is 1. The van der Waals surface area contributed by atoms with Crippen molar-refractivity contribution in [2.45, 2.75) is 33.3 Å². The molecule has 1 aromatic carbocycles. The van der Waals surface area contributed by atoms with Crippen LogP contribution in [0.1, 0.15) is 29.6 Å². The smallest absolute Gasteiger partial charge is 0.311 e. The molecule has 0 aliphatic carbocycles. The van der Waals surface area contributed by atoms with Crippen molar-refractivity contribution in [3.05, 3.63) is 45.9 Å². The normalized spacial score (nSPS) is 17.3. The topological polar surface area (TPSA) is 59.5 Å². The van der Waals surface area contributed by atoms with E-state index in [0.29, 0.717) is 6.54 Å². The highest BCUT2D eigenvalue weighted by molar-refractivity contribution is 7.09. The second kappa shape index (κ2) is 7.13. The quantitative estimate of drug-likeness (QED) is 0.782. The molecule has 0 saturated carbocycles. The largest absolute Gasteiger partial charge is 0.459 e. The third kappa shape index (κ3) is 3.64. The maximum Gasteiger partial charge on any atom is 0.311 e. The molecule has 0 unspecified atom stereocenters. The van der Waals surface area contributed by atoms with Crippen LogP contribution in [0.15, 0.2) is 29.6 Å². The Bertz CT molecular complexity index is 739. The SMILES string of the molecule is CCc1nc(COC(=O)[C@@H]2CC(=O)N(c3ccc(C)cc3)C2)cs1. The Balaban J connectivity index is 1.58. The van der Waals surface area contributed by atoms with Crippen LogP contribution in [0.25, 0.3) is 0 Å². The fourth-order valence-electron chi connectivity index (χ4n) is 2.68. The van der Waals surface area contributed by atoms with Crippen LogP contribution in [0.3, 0.4) is 0 Å². The average molecular weight is 344 g/mol. The molecule has 0 N–H and O–H groups in total. The van der Waals surface area contributed by atoms with Gasteiger partial charge in [-0.2, -0.15) is 0 Å². The first-order valence-corrected chi connectivity index (χ1v) is 8.91. The first kappa shape index (κ1) is 16.6. The number of nitrogens with zero attached hydrogens (tertiary/aromatic N) is 2. The zero-order chi connectivity index (χ0) is 17.1. The first-order chi connectivity index (χ1) is 11.6. The van der Waals surface area contributed by atoms with Gasteiger partial charge in [-0.15, -0.1) is 11.3 Å². The number of hydrogen-bond donors (Lipinski definition) is 0. The Morgan fingerprint density at radius 1 is 1.38 bits per heavy atom. The summed E-state index contributed by atoms with van der Waals surface area (Å²) >= 11 is 1.57. The zero-order valence-electron chi connectivity index (χ0n) is 13.8. The molecular weight excluding hydrogens is 324 g/mol. The summed E-state index contributed by atoms with van der Waals surface area (Å²) in [5, 5.41) is 2.94. The Morgan fingerprint density at radius 3 is 2.79 bits per heavy atom. The van der Waals surface area contributed by atoms with E-state index in [9.17, 15) is 9.59 Å².